The van der Waals surface area contributed by atoms with Crippen molar-refractivity contribution >= 4 is 10.9 Å². The van der Waals surface area contributed by atoms with Crippen LogP contribution in [0.25, 0.3) is 10.9 Å². The molecule has 4 rings (SSSR count). The van der Waals surface area contributed by atoms with Gasteiger partial charge in [0.15, 0.2) is 0 Å². The molecular formula is C24H26N2O3. The molecule has 0 amide bonds. The molecule has 3 aromatic rings. The number of nitrogens with one attached hydrogen (secondary N) is 2. The minimum absolute atomic E-state index is 0.107. The Morgan fingerprint density at radius 2 is 2.00 bits per heavy atom. The summed E-state index contributed by atoms with van der Waals surface area (Å²) in [4.78, 5) is 14.2. The van der Waals surface area contributed by atoms with Gasteiger partial charge >= 0.3 is 0 Å². The van der Waals surface area contributed by atoms with Crippen molar-refractivity contribution in [2.45, 2.75) is 12.3 Å². The first-order valence-corrected chi connectivity index (χ1v) is 9.99. The number of pyridine rings is 1. The molecule has 1 saturated carbocycles. The van der Waals surface area contributed by atoms with Crippen LogP contribution in [0, 0.1) is 5.92 Å². The Bertz CT molecular complexity index is 1060. The fraction of sp³-hybridized carbons (Fsp3) is 0.292. The summed E-state index contributed by atoms with van der Waals surface area (Å²) in [6.07, 6.45) is 5.31. The van der Waals surface area contributed by atoms with Gasteiger partial charge in [0, 0.05) is 18.7 Å². The summed E-state index contributed by atoms with van der Waals surface area (Å²) >= 11 is 0. The molecule has 150 valence electrons. The van der Waals surface area contributed by atoms with Crippen molar-refractivity contribution in [1.82, 2.24) is 10.3 Å². The molecule has 1 aliphatic carbocycles. The summed E-state index contributed by atoms with van der Waals surface area (Å²) in [5, 5.41) is 4.48. The van der Waals surface area contributed by atoms with Crippen LogP contribution >= 0.6 is 0 Å². The maximum Gasteiger partial charge on any atom is 0.248 e. The lowest BCUT2D eigenvalue weighted by molar-refractivity contribution is 0.363. The van der Waals surface area contributed by atoms with Gasteiger partial charge in [-0.3, -0.25) is 4.79 Å². The molecule has 1 heterocycles. The van der Waals surface area contributed by atoms with Crippen molar-refractivity contribution in [3.05, 3.63) is 82.7 Å². The Labute approximate surface area is 170 Å². The average molecular weight is 390 g/mol. The number of benzene rings is 2. The van der Waals surface area contributed by atoms with E-state index in [1.54, 1.807) is 7.11 Å². The second-order valence-electron chi connectivity index (χ2n) is 7.36. The van der Waals surface area contributed by atoms with Gasteiger partial charge in [0.2, 0.25) is 5.56 Å². The van der Waals surface area contributed by atoms with Gasteiger partial charge in [-0.1, -0.05) is 30.4 Å². The number of para-hydroxylation sites is 1. The molecule has 2 aromatic carbocycles. The van der Waals surface area contributed by atoms with E-state index in [4.69, 9.17) is 9.47 Å². The van der Waals surface area contributed by atoms with E-state index in [1.165, 1.54) is 18.1 Å². The summed E-state index contributed by atoms with van der Waals surface area (Å²) in [7, 11) is 1.73. The molecule has 0 saturated heterocycles. The fourth-order valence-corrected chi connectivity index (χ4v) is 3.69. The number of H-pyrrole nitrogens is 1. The summed E-state index contributed by atoms with van der Waals surface area (Å²) in [5.74, 6) is 3.02. The number of rotatable bonds is 9. The van der Waals surface area contributed by atoms with Crippen LogP contribution < -0.4 is 20.3 Å². The van der Waals surface area contributed by atoms with Gasteiger partial charge in [-0.25, -0.2) is 0 Å². The number of aromatic amines is 1. The maximum absolute atomic E-state index is 11.4. The Morgan fingerprint density at radius 1 is 1.14 bits per heavy atom. The summed E-state index contributed by atoms with van der Waals surface area (Å²) in [5.41, 5.74) is 2.00. The molecule has 2 N–H and O–H groups in total. The first kappa shape index (κ1) is 19.3. The van der Waals surface area contributed by atoms with E-state index in [0.717, 1.165) is 35.5 Å². The van der Waals surface area contributed by atoms with E-state index in [-0.39, 0.29) is 5.56 Å². The van der Waals surface area contributed by atoms with Crippen molar-refractivity contribution < 1.29 is 9.47 Å². The first-order chi connectivity index (χ1) is 14.2. The van der Waals surface area contributed by atoms with Gasteiger partial charge in [-0.05, 0) is 60.0 Å². The average Bonchev–Trinajstić information content (AvgIpc) is 3.52. The topological polar surface area (TPSA) is 63.4 Å². The van der Waals surface area contributed by atoms with Crippen molar-refractivity contribution in [2.24, 2.45) is 5.92 Å². The summed E-state index contributed by atoms with van der Waals surface area (Å²) in [6.45, 7) is 2.33. The number of hydrogen-bond donors (Lipinski definition) is 2. The lowest BCUT2D eigenvalue weighted by Crippen LogP contribution is -2.17. The van der Waals surface area contributed by atoms with E-state index in [1.807, 2.05) is 42.5 Å². The second kappa shape index (κ2) is 8.97. The molecule has 1 fully saturated rings. The molecule has 0 radical (unpaired) electrons. The number of methoxy groups -OCH3 is 1. The van der Waals surface area contributed by atoms with Crippen molar-refractivity contribution in [3.8, 4) is 11.5 Å². The molecular weight excluding hydrogens is 364 g/mol. The van der Waals surface area contributed by atoms with Gasteiger partial charge in [0.05, 0.1) is 12.6 Å². The van der Waals surface area contributed by atoms with Crippen LogP contribution in [0.15, 0.2) is 71.5 Å². The molecule has 1 aromatic heterocycles. The largest absolute Gasteiger partial charge is 0.496 e. The summed E-state index contributed by atoms with van der Waals surface area (Å²) < 4.78 is 11.2. The fourth-order valence-electron chi connectivity index (χ4n) is 3.69. The predicted octanol–water partition coefficient (Wildman–Crippen LogP) is 3.87. The third-order valence-electron chi connectivity index (χ3n) is 5.34. The smallest absolute Gasteiger partial charge is 0.248 e. The summed E-state index contributed by atoms with van der Waals surface area (Å²) in [6, 6.07) is 17.3. The number of hydrogen-bond acceptors (Lipinski definition) is 4. The van der Waals surface area contributed by atoms with E-state index in [2.05, 4.69) is 28.5 Å². The van der Waals surface area contributed by atoms with Crippen LogP contribution in [-0.2, 0) is 0 Å². The van der Waals surface area contributed by atoms with Gasteiger partial charge in [-0.2, -0.15) is 0 Å². The van der Waals surface area contributed by atoms with Crippen LogP contribution in [0.5, 0.6) is 11.5 Å². The van der Waals surface area contributed by atoms with E-state index < -0.39 is 0 Å². The Morgan fingerprint density at radius 3 is 2.90 bits per heavy atom. The third kappa shape index (κ3) is 4.87. The molecule has 5 nitrogen and oxygen atoms in total. The highest BCUT2D eigenvalue weighted by Gasteiger charge is 2.39. The molecule has 0 unspecified atom stereocenters. The molecule has 0 bridgehead atoms. The molecule has 29 heavy (non-hydrogen) atoms. The van der Waals surface area contributed by atoms with E-state index in [9.17, 15) is 4.79 Å². The van der Waals surface area contributed by atoms with Crippen molar-refractivity contribution in [2.75, 3.05) is 26.8 Å². The highest BCUT2D eigenvalue weighted by atomic mass is 16.5. The quantitative estimate of drug-likeness (QED) is 0.430. The molecule has 1 aliphatic rings. The van der Waals surface area contributed by atoms with Crippen LogP contribution in [0.4, 0.5) is 0 Å². The number of fused-ring (bicyclic) bond motifs is 1. The zero-order chi connectivity index (χ0) is 20.1. The zero-order valence-corrected chi connectivity index (χ0v) is 16.6. The van der Waals surface area contributed by atoms with Gasteiger partial charge < -0.3 is 19.8 Å². The predicted molar refractivity (Wildman–Crippen MR) is 116 cm³/mol. The molecule has 2 atom stereocenters. The Kier molecular flexibility index (Phi) is 5.96. The first-order valence-electron chi connectivity index (χ1n) is 9.99. The van der Waals surface area contributed by atoms with Gasteiger partial charge in [0.25, 0.3) is 0 Å². The van der Waals surface area contributed by atoms with Crippen LogP contribution in [0.1, 0.15) is 17.9 Å². The van der Waals surface area contributed by atoms with Crippen molar-refractivity contribution in [3.63, 3.8) is 0 Å². The SMILES string of the molecule is COc1ccccc1[C@@H]1C[C@H]1CNC/C=C/COc1ccc2ccc(=O)[nH]c2c1. The van der Waals surface area contributed by atoms with E-state index >= 15 is 0 Å². The number of aromatic nitrogens is 1. The second-order valence-corrected chi connectivity index (χ2v) is 7.36. The number of ether oxygens (including phenoxy) is 2. The van der Waals surface area contributed by atoms with Crippen LogP contribution in [-0.4, -0.2) is 31.8 Å². The molecule has 5 heteroatoms. The lowest BCUT2D eigenvalue weighted by Gasteiger charge is -2.07. The minimum Gasteiger partial charge on any atom is -0.496 e. The highest BCUT2D eigenvalue weighted by molar-refractivity contribution is 5.79. The highest BCUT2D eigenvalue weighted by Crippen LogP contribution is 2.49. The normalized spacial score (nSPS) is 18.2. The van der Waals surface area contributed by atoms with Gasteiger partial charge in [0.1, 0.15) is 18.1 Å². The Hall–Kier alpha value is -3.05. The van der Waals surface area contributed by atoms with Crippen LogP contribution in [0.2, 0.25) is 0 Å². The lowest BCUT2D eigenvalue weighted by atomic mass is 10.1. The third-order valence-corrected chi connectivity index (χ3v) is 5.34. The molecule has 0 aliphatic heterocycles. The monoisotopic (exact) mass is 390 g/mol. The van der Waals surface area contributed by atoms with Gasteiger partial charge in [-0.15, -0.1) is 0 Å². The van der Waals surface area contributed by atoms with E-state index in [0.29, 0.717) is 18.4 Å². The standard InChI is InChI=1S/C24H26N2O3/c1-28-23-7-3-2-6-20(23)21-14-18(21)16-25-12-4-5-13-29-19-10-8-17-9-11-24(27)26-22(17)15-19/h2-11,15,18,21,25H,12-14,16H2,1H3,(H,26,27)/b5-4+/t18-,21+/m0/s1. The Balaban J connectivity index is 1.17. The minimum atomic E-state index is -0.107. The van der Waals surface area contributed by atoms with Crippen LogP contribution in [0.3, 0.4) is 0 Å². The maximum atomic E-state index is 11.4. The van der Waals surface area contributed by atoms with Crippen molar-refractivity contribution in [1.29, 1.82) is 0 Å². The zero-order valence-electron chi connectivity index (χ0n) is 16.6. The molecule has 0 spiro atoms.